The maximum Gasteiger partial charge on any atom is 0.344 e. The molecule has 0 radical (unpaired) electrons. The van der Waals surface area contributed by atoms with Crippen LogP contribution in [0.3, 0.4) is 0 Å². The molecule has 1 heterocycles. The molecular formula is C25H26O6S. The molecule has 7 heteroatoms. The first-order valence-electron chi connectivity index (χ1n) is 11.2. The van der Waals surface area contributed by atoms with Crippen LogP contribution in [0.25, 0.3) is 0 Å². The van der Waals surface area contributed by atoms with Gasteiger partial charge in [0.15, 0.2) is 0 Å². The van der Waals surface area contributed by atoms with Gasteiger partial charge in [-0.25, -0.2) is 13.2 Å². The van der Waals surface area contributed by atoms with E-state index in [4.69, 9.17) is 9.47 Å². The van der Waals surface area contributed by atoms with Crippen LogP contribution in [0, 0.1) is 5.92 Å². The number of methoxy groups -OCH3 is 1. The number of rotatable bonds is 4. The number of carbonyl (C=O) groups excluding carboxylic acids is 2. The van der Waals surface area contributed by atoms with Crippen LogP contribution >= 0.6 is 0 Å². The lowest BCUT2D eigenvalue weighted by Crippen LogP contribution is -2.46. The highest BCUT2D eigenvalue weighted by Crippen LogP contribution is 2.56. The highest BCUT2D eigenvalue weighted by atomic mass is 32.2. The predicted octanol–water partition coefficient (Wildman–Crippen LogP) is 4.13. The van der Waals surface area contributed by atoms with Crippen molar-refractivity contribution in [3.8, 4) is 5.75 Å². The van der Waals surface area contributed by atoms with E-state index in [2.05, 4.69) is 0 Å². The van der Waals surface area contributed by atoms with Crippen molar-refractivity contribution < 1.29 is 27.5 Å². The zero-order valence-corrected chi connectivity index (χ0v) is 18.9. The van der Waals surface area contributed by atoms with Gasteiger partial charge in [-0.3, -0.25) is 4.79 Å². The van der Waals surface area contributed by atoms with Gasteiger partial charge in [-0.15, -0.1) is 0 Å². The van der Waals surface area contributed by atoms with E-state index in [9.17, 15) is 18.0 Å². The Morgan fingerprint density at radius 1 is 1.03 bits per heavy atom. The molecule has 1 saturated carbocycles. The molecule has 3 aliphatic rings. The van der Waals surface area contributed by atoms with Crippen LogP contribution in [0.5, 0.6) is 5.75 Å². The molecule has 32 heavy (non-hydrogen) atoms. The Hall–Kier alpha value is -2.67. The lowest BCUT2D eigenvalue weighted by molar-refractivity contribution is -0.123. The topological polar surface area (TPSA) is 86.7 Å². The number of Topliss-reactive ketones (excluding diaryl/α,β-unsaturated/α-hetero) is 1. The van der Waals surface area contributed by atoms with Crippen molar-refractivity contribution >= 4 is 21.6 Å². The number of cyclic esters (lactones) is 1. The molecule has 2 atom stereocenters. The van der Waals surface area contributed by atoms with Crippen molar-refractivity contribution in [1.29, 1.82) is 0 Å². The molecule has 1 aliphatic heterocycles. The Morgan fingerprint density at radius 3 is 2.50 bits per heavy atom. The van der Waals surface area contributed by atoms with Gasteiger partial charge < -0.3 is 9.47 Å². The highest BCUT2D eigenvalue weighted by molar-refractivity contribution is 7.92. The van der Waals surface area contributed by atoms with E-state index in [0.717, 1.165) is 30.4 Å². The molecular weight excluding hydrogens is 428 g/mol. The summed E-state index contributed by atoms with van der Waals surface area (Å²) in [5.41, 5.74) is 2.49. The number of esters is 1. The van der Waals surface area contributed by atoms with Crippen LogP contribution in [-0.4, -0.2) is 27.3 Å². The second kappa shape index (κ2) is 7.73. The Kier molecular flexibility index (Phi) is 5.12. The molecule has 0 spiro atoms. The number of hydrogen-bond acceptors (Lipinski definition) is 6. The fraction of sp³-hybridized carbons (Fsp3) is 0.440. The molecule has 6 nitrogen and oxygen atoms in total. The van der Waals surface area contributed by atoms with E-state index in [1.165, 1.54) is 19.2 Å². The fourth-order valence-electron chi connectivity index (χ4n) is 5.69. The van der Waals surface area contributed by atoms with E-state index in [-0.39, 0.29) is 22.7 Å². The first-order chi connectivity index (χ1) is 15.4. The summed E-state index contributed by atoms with van der Waals surface area (Å²) in [7, 11) is -2.70. The summed E-state index contributed by atoms with van der Waals surface area (Å²) in [5.74, 6) is -0.983. The summed E-state index contributed by atoms with van der Waals surface area (Å²) < 4.78 is 40.2. The van der Waals surface area contributed by atoms with E-state index in [1.54, 1.807) is 18.2 Å². The van der Waals surface area contributed by atoms with Gasteiger partial charge in [-0.2, -0.15) is 0 Å². The average molecular weight is 455 g/mol. The number of aryl methyl sites for hydroxylation is 1. The first-order valence-corrected chi connectivity index (χ1v) is 12.7. The molecule has 2 unspecified atom stereocenters. The summed E-state index contributed by atoms with van der Waals surface area (Å²) in [6.07, 6.45) is 4.93. The van der Waals surface area contributed by atoms with Crippen molar-refractivity contribution in [3.63, 3.8) is 0 Å². The lowest BCUT2D eigenvalue weighted by atomic mass is 9.77. The Morgan fingerprint density at radius 2 is 1.78 bits per heavy atom. The highest BCUT2D eigenvalue weighted by Gasteiger charge is 2.63. The number of ether oxygens (including phenoxy) is 2. The minimum Gasteiger partial charge on any atom is -0.496 e. The summed E-state index contributed by atoms with van der Waals surface area (Å²) in [5, 5.41) is 0. The molecule has 168 valence electrons. The van der Waals surface area contributed by atoms with Gasteiger partial charge in [0.25, 0.3) is 0 Å². The number of fused-ring (bicyclic) bond motifs is 3. The van der Waals surface area contributed by atoms with Crippen molar-refractivity contribution in [2.45, 2.75) is 61.2 Å². The van der Waals surface area contributed by atoms with E-state index < -0.39 is 26.7 Å². The SMILES string of the molecule is COc1cc2c(c3c1C(=O)OC3(C1CCCC(=O)C1)S(=O)(=O)c1ccccc1)CCCC2. The second-order valence-corrected chi connectivity index (χ2v) is 11.0. The van der Waals surface area contributed by atoms with Crippen molar-refractivity contribution in [2.75, 3.05) is 7.11 Å². The quantitative estimate of drug-likeness (QED) is 0.646. The summed E-state index contributed by atoms with van der Waals surface area (Å²) in [6.45, 7) is 0. The molecule has 0 saturated heterocycles. The van der Waals surface area contributed by atoms with Gasteiger partial charge >= 0.3 is 5.97 Å². The van der Waals surface area contributed by atoms with Gasteiger partial charge in [0.1, 0.15) is 17.1 Å². The second-order valence-electron chi connectivity index (χ2n) is 8.88. The van der Waals surface area contributed by atoms with Crippen LogP contribution in [-0.2, 0) is 37.1 Å². The number of benzene rings is 2. The average Bonchev–Trinajstić information content (AvgIpc) is 3.14. The van der Waals surface area contributed by atoms with Gasteiger partial charge in [-0.1, -0.05) is 18.2 Å². The monoisotopic (exact) mass is 454 g/mol. The van der Waals surface area contributed by atoms with E-state index in [1.807, 2.05) is 6.07 Å². The molecule has 2 aliphatic carbocycles. The van der Waals surface area contributed by atoms with Gasteiger partial charge in [0, 0.05) is 24.3 Å². The molecule has 0 amide bonds. The van der Waals surface area contributed by atoms with Crippen LogP contribution < -0.4 is 4.74 Å². The van der Waals surface area contributed by atoms with Crippen LogP contribution in [0.1, 0.15) is 65.6 Å². The Bertz CT molecular complexity index is 1200. The standard InChI is InChI=1S/C25H26O6S/c1-30-21-14-16-8-5-6-13-20(16)23-22(21)24(27)31-25(23,17-9-7-10-18(26)15-17)32(28,29)19-11-3-2-4-12-19/h2-4,11-12,14,17H,5-10,13,15H2,1H3. The third kappa shape index (κ3) is 2.94. The van der Waals surface area contributed by atoms with Gasteiger partial charge in [-0.05, 0) is 67.9 Å². The maximum atomic E-state index is 14.3. The van der Waals surface area contributed by atoms with Crippen LogP contribution in [0.15, 0.2) is 41.3 Å². The van der Waals surface area contributed by atoms with Crippen molar-refractivity contribution in [1.82, 2.24) is 0 Å². The fourth-order valence-corrected chi connectivity index (χ4v) is 7.87. The third-order valence-electron chi connectivity index (χ3n) is 7.10. The van der Waals surface area contributed by atoms with E-state index >= 15 is 0 Å². The summed E-state index contributed by atoms with van der Waals surface area (Å²) >= 11 is 0. The third-order valence-corrected chi connectivity index (χ3v) is 9.42. The number of hydrogen-bond donors (Lipinski definition) is 0. The number of ketones is 1. The zero-order valence-electron chi connectivity index (χ0n) is 18.1. The van der Waals surface area contributed by atoms with E-state index in [0.29, 0.717) is 37.0 Å². The molecule has 5 rings (SSSR count). The van der Waals surface area contributed by atoms with Gasteiger partial charge in [0.2, 0.25) is 14.8 Å². The lowest BCUT2D eigenvalue weighted by Gasteiger charge is -2.39. The zero-order chi connectivity index (χ0) is 22.5. The van der Waals surface area contributed by atoms with Gasteiger partial charge in [0.05, 0.1) is 12.0 Å². The molecule has 2 aromatic carbocycles. The summed E-state index contributed by atoms with van der Waals surface area (Å²) in [4.78, 5) is 23.9. The Labute approximate surface area is 187 Å². The summed E-state index contributed by atoms with van der Waals surface area (Å²) in [6, 6.07) is 9.97. The number of sulfone groups is 1. The first kappa shape index (κ1) is 21.2. The minimum absolute atomic E-state index is 0.00477. The normalized spacial score (nSPS) is 25.1. The molecule has 0 N–H and O–H groups in total. The number of carbonyl (C=O) groups is 2. The molecule has 0 aromatic heterocycles. The molecule has 2 aromatic rings. The predicted molar refractivity (Wildman–Crippen MR) is 117 cm³/mol. The largest absolute Gasteiger partial charge is 0.496 e. The maximum absolute atomic E-state index is 14.3. The van der Waals surface area contributed by atoms with Crippen LogP contribution in [0.4, 0.5) is 0 Å². The van der Waals surface area contributed by atoms with Crippen molar-refractivity contribution in [2.24, 2.45) is 5.92 Å². The molecule has 1 fully saturated rings. The smallest absolute Gasteiger partial charge is 0.344 e. The molecule has 0 bridgehead atoms. The van der Waals surface area contributed by atoms with Crippen LogP contribution in [0.2, 0.25) is 0 Å². The van der Waals surface area contributed by atoms with Crippen molar-refractivity contribution in [3.05, 3.63) is 58.7 Å². The Balaban J connectivity index is 1.87. The minimum atomic E-state index is -4.18.